The third-order valence-electron chi connectivity index (χ3n) is 17.3. The molecule has 5 saturated carbocycles. The van der Waals surface area contributed by atoms with Gasteiger partial charge in [-0.15, -0.1) is 0 Å². The third kappa shape index (κ3) is 5.07. The molecule has 8 rings (SSSR count). The Hall–Kier alpha value is -1.30. The van der Waals surface area contributed by atoms with Crippen LogP contribution in [0.4, 0.5) is 0 Å². The quantitative estimate of drug-likeness (QED) is 0.375. The van der Waals surface area contributed by atoms with Crippen LogP contribution in [0, 0.1) is 50.7 Å². The Bertz CT molecular complexity index is 1410. The highest BCUT2D eigenvalue weighted by atomic mass is 16.7. The minimum atomic E-state index is -1.26. The molecule has 10 nitrogen and oxygen atoms in total. The van der Waals surface area contributed by atoms with E-state index in [2.05, 4.69) is 39.5 Å². The monoisotopic (exact) mass is 714 g/mol. The average Bonchev–Trinajstić information content (AvgIpc) is 3.64. The Morgan fingerprint density at radius 2 is 1.65 bits per heavy atom. The molecule has 0 aromatic heterocycles. The molecule has 1 amide bonds. The minimum absolute atomic E-state index is 0.0118. The molecule has 51 heavy (non-hydrogen) atoms. The summed E-state index contributed by atoms with van der Waals surface area (Å²) in [6.07, 6.45) is 6.42. The number of amides is 1. The Labute approximate surface area is 305 Å². The number of carbonyl (C=O) groups is 2. The summed E-state index contributed by atoms with van der Waals surface area (Å²) < 4.78 is 25.7. The second kappa shape index (κ2) is 11.8. The molecule has 3 heterocycles. The van der Waals surface area contributed by atoms with E-state index in [0.29, 0.717) is 30.9 Å². The molecule has 0 aromatic carbocycles. The lowest BCUT2D eigenvalue weighted by Crippen LogP contribution is -2.64. The van der Waals surface area contributed by atoms with Gasteiger partial charge in [0.25, 0.3) is 0 Å². The number of nitrogens with zero attached hydrogens (tertiary/aromatic N) is 2. The second-order valence-corrected chi connectivity index (χ2v) is 20.2. The second-order valence-electron chi connectivity index (χ2n) is 20.2. The van der Waals surface area contributed by atoms with Gasteiger partial charge < -0.3 is 34.1 Å². The maximum absolute atomic E-state index is 12.6. The molecule has 8 aliphatic rings. The van der Waals surface area contributed by atoms with E-state index in [1.807, 2.05) is 4.90 Å². The van der Waals surface area contributed by atoms with Gasteiger partial charge in [-0.1, -0.05) is 34.6 Å². The maximum atomic E-state index is 12.6. The van der Waals surface area contributed by atoms with Gasteiger partial charge in [-0.3, -0.25) is 14.5 Å². The number of hydrogen-bond acceptors (Lipinski definition) is 9. The van der Waals surface area contributed by atoms with Gasteiger partial charge in [0.15, 0.2) is 12.4 Å². The summed E-state index contributed by atoms with van der Waals surface area (Å²) in [5.41, 5.74) is -1.08. The standard InChI is InChI=1S/C41H66N2O8/c1-23-18-27(35(37(6,7)47)49-25(3)45)50-33-32(23)38(8)14-15-41-22-40(41)13-12-30(36(4,5)28(40)10-11-29(41)39(38,9)34(33)46)51-31-21-42(16-17-48-31)26-19-43(20-26)24(2)44/h23,26-35,46-47H,10-22H2,1-9H3/t23-,27?,28+,29+,30+,31?,32?,33?,34+,35+,38-,39-,40-,41?/m1/s1. The molecule has 2 spiro atoms. The van der Waals surface area contributed by atoms with Crippen molar-refractivity contribution in [2.75, 3.05) is 32.8 Å². The molecular weight excluding hydrogens is 648 g/mol. The number of rotatable bonds is 6. The molecule has 0 bridgehead atoms. The van der Waals surface area contributed by atoms with E-state index < -0.39 is 29.9 Å². The Kier molecular flexibility index (Phi) is 8.52. The molecule has 5 aliphatic carbocycles. The molecule has 5 unspecified atom stereocenters. The average molecular weight is 715 g/mol. The third-order valence-corrected chi connectivity index (χ3v) is 17.3. The molecule has 0 radical (unpaired) electrons. The van der Waals surface area contributed by atoms with E-state index in [4.69, 9.17) is 18.9 Å². The summed E-state index contributed by atoms with van der Waals surface area (Å²) in [5.74, 6) is 1.19. The molecule has 8 fully saturated rings. The minimum Gasteiger partial charge on any atom is -0.457 e. The molecule has 3 saturated heterocycles. The Morgan fingerprint density at radius 1 is 0.961 bits per heavy atom. The van der Waals surface area contributed by atoms with E-state index in [1.165, 1.54) is 26.2 Å². The first-order chi connectivity index (χ1) is 23.8. The SMILES string of the molecule is CC(=O)O[C@@H](C1C[C@@H](C)C2C(O1)[C@H](O)[C@@]1(C)[C@@H]3CC[C@H]4C(C)(C)[C@@H](OC5CN(C6CN(C(C)=O)C6)CCO5)CC[C@@]45CC35CC[C@]21C)C(C)(C)O. The molecule has 2 N–H and O–H groups in total. The van der Waals surface area contributed by atoms with Crippen molar-refractivity contribution >= 4 is 11.9 Å². The van der Waals surface area contributed by atoms with Crippen molar-refractivity contribution in [1.82, 2.24) is 9.80 Å². The van der Waals surface area contributed by atoms with Gasteiger partial charge in [-0.25, -0.2) is 0 Å². The van der Waals surface area contributed by atoms with Gasteiger partial charge in [0.2, 0.25) is 5.91 Å². The van der Waals surface area contributed by atoms with Crippen molar-refractivity contribution in [3.8, 4) is 0 Å². The van der Waals surface area contributed by atoms with Crippen LogP contribution < -0.4 is 0 Å². The first-order valence-corrected chi connectivity index (χ1v) is 20.3. The van der Waals surface area contributed by atoms with Crippen LogP contribution in [-0.4, -0.2) is 113 Å². The van der Waals surface area contributed by atoms with E-state index in [9.17, 15) is 19.8 Å². The highest BCUT2D eigenvalue weighted by molar-refractivity contribution is 5.74. The largest absolute Gasteiger partial charge is 0.457 e. The molecule has 3 aliphatic heterocycles. The van der Waals surface area contributed by atoms with E-state index in [0.717, 1.165) is 51.9 Å². The predicted octanol–water partition coefficient (Wildman–Crippen LogP) is 4.78. The fourth-order valence-corrected chi connectivity index (χ4v) is 14.8. The summed E-state index contributed by atoms with van der Waals surface area (Å²) in [7, 11) is 0. The van der Waals surface area contributed by atoms with Crippen LogP contribution in [0.5, 0.6) is 0 Å². The van der Waals surface area contributed by atoms with E-state index in [-0.39, 0.29) is 63.3 Å². The van der Waals surface area contributed by atoms with Gasteiger partial charge in [0.1, 0.15) is 0 Å². The number of ether oxygens (including phenoxy) is 4. The Balaban J connectivity index is 0.995. The van der Waals surface area contributed by atoms with Crippen LogP contribution in [0.1, 0.15) is 114 Å². The lowest BCUT2D eigenvalue weighted by molar-refractivity contribution is -0.253. The van der Waals surface area contributed by atoms with Crippen LogP contribution in [0.2, 0.25) is 0 Å². The van der Waals surface area contributed by atoms with E-state index in [1.54, 1.807) is 20.8 Å². The lowest BCUT2D eigenvalue weighted by Gasteiger charge is -2.64. The maximum Gasteiger partial charge on any atom is 0.303 e. The summed E-state index contributed by atoms with van der Waals surface area (Å²) in [6, 6.07) is 0.400. The first-order valence-electron chi connectivity index (χ1n) is 20.3. The summed E-state index contributed by atoms with van der Waals surface area (Å²) in [4.78, 5) is 28.3. The summed E-state index contributed by atoms with van der Waals surface area (Å²) in [5, 5.41) is 23.7. The van der Waals surface area contributed by atoms with Crippen LogP contribution in [0.15, 0.2) is 0 Å². The summed E-state index contributed by atoms with van der Waals surface area (Å²) in [6.45, 7) is 22.4. The van der Waals surface area contributed by atoms with Crippen molar-refractivity contribution in [2.24, 2.45) is 50.7 Å². The number of carbonyl (C=O) groups excluding carboxylic acids is 2. The van der Waals surface area contributed by atoms with Gasteiger partial charge in [0.05, 0.1) is 43.2 Å². The zero-order valence-electron chi connectivity index (χ0n) is 32.8. The number of aliphatic hydroxyl groups is 2. The summed E-state index contributed by atoms with van der Waals surface area (Å²) >= 11 is 0. The number of esters is 1. The molecule has 288 valence electrons. The highest BCUT2D eigenvalue weighted by Gasteiger charge is 2.84. The van der Waals surface area contributed by atoms with Crippen molar-refractivity contribution in [3.05, 3.63) is 0 Å². The normalized spacial score (nSPS) is 49.7. The van der Waals surface area contributed by atoms with Crippen molar-refractivity contribution in [1.29, 1.82) is 0 Å². The smallest absolute Gasteiger partial charge is 0.303 e. The Morgan fingerprint density at radius 3 is 2.31 bits per heavy atom. The van der Waals surface area contributed by atoms with Crippen molar-refractivity contribution < 1.29 is 38.7 Å². The molecule has 14 atom stereocenters. The van der Waals surface area contributed by atoms with Crippen molar-refractivity contribution in [3.63, 3.8) is 0 Å². The van der Waals surface area contributed by atoms with Crippen molar-refractivity contribution in [2.45, 2.75) is 162 Å². The number of hydrogen-bond donors (Lipinski definition) is 2. The topological polar surface area (TPSA) is 118 Å². The molecule has 0 aromatic rings. The van der Waals surface area contributed by atoms with Gasteiger partial charge in [-0.05, 0) is 111 Å². The highest BCUT2D eigenvalue weighted by Crippen LogP contribution is 2.89. The fraction of sp³-hybridized carbons (Fsp3) is 0.951. The molecular formula is C41H66N2O8. The van der Waals surface area contributed by atoms with E-state index >= 15 is 0 Å². The lowest BCUT2D eigenvalue weighted by atomic mass is 9.41. The number of aliphatic hydroxyl groups excluding tert-OH is 1. The fourth-order valence-electron chi connectivity index (χ4n) is 14.8. The van der Waals surface area contributed by atoms with Crippen LogP contribution in [0.3, 0.4) is 0 Å². The number of likely N-dealkylation sites (tertiary alicyclic amines) is 1. The van der Waals surface area contributed by atoms with Gasteiger partial charge >= 0.3 is 5.97 Å². The zero-order valence-corrected chi connectivity index (χ0v) is 32.8. The van der Waals surface area contributed by atoms with Crippen LogP contribution in [0.25, 0.3) is 0 Å². The van der Waals surface area contributed by atoms with Crippen LogP contribution in [-0.2, 0) is 28.5 Å². The zero-order chi connectivity index (χ0) is 36.7. The number of morpholine rings is 1. The van der Waals surface area contributed by atoms with Crippen LogP contribution >= 0.6 is 0 Å². The predicted molar refractivity (Wildman–Crippen MR) is 190 cm³/mol. The van der Waals surface area contributed by atoms with Gasteiger partial charge in [0, 0.05) is 44.9 Å². The first kappa shape index (κ1) is 36.7. The molecule has 10 heteroatoms. The van der Waals surface area contributed by atoms with Gasteiger partial charge in [-0.2, -0.15) is 0 Å². The number of fused-ring (bicyclic) bond motifs is 4.